The number of aliphatic imine (C=N–C) groups is 1. The quantitative estimate of drug-likeness (QED) is 0.404. The molecule has 146 valence electrons. The molecule has 0 unspecified atom stereocenters. The molecule has 0 aliphatic carbocycles. The van der Waals surface area contributed by atoms with Gasteiger partial charge in [0.15, 0.2) is 5.17 Å². The van der Waals surface area contributed by atoms with Gasteiger partial charge in [-0.2, -0.15) is 0 Å². The van der Waals surface area contributed by atoms with Crippen molar-refractivity contribution in [2.45, 2.75) is 13.8 Å². The number of nitrogens with zero attached hydrogens (tertiary/aromatic N) is 2. The highest BCUT2D eigenvalue weighted by Crippen LogP contribution is 2.35. The van der Waals surface area contributed by atoms with Crippen molar-refractivity contribution in [1.82, 2.24) is 4.90 Å². The summed E-state index contributed by atoms with van der Waals surface area (Å²) >= 11 is 4.81. The normalized spacial score (nSPS) is 16.9. The fraction of sp³-hybridized carbons (Fsp3) is 0.130. The van der Waals surface area contributed by atoms with E-state index in [2.05, 4.69) is 20.9 Å². The van der Waals surface area contributed by atoms with Crippen LogP contribution in [0, 0.1) is 6.92 Å². The van der Waals surface area contributed by atoms with Gasteiger partial charge in [0.05, 0.1) is 10.6 Å². The molecule has 0 N–H and O–H groups in total. The molecule has 1 amide bonds. The van der Waals surface area contributed by atoms with Crippen molar-refractivity contribution in [2.75, 3.05) is 6.54 Å². The third-order valence-electron chi connectivity index (χ3n) is 4.49. The fourth-order valence-corrected chi connectivity index (χ4v) is 4.24. The molecule has 0 spiro atoms. The molecule has 2 aromatic carbocycles. The fourth-order valence-electron chi connectivity index (χ4n) is 2.93. The first-order valence-electron chi connectivity index (χ1n) is 9.26. The number of thioether (sulfide) groups is 1. The van der Waals surface area contributed by atoms with Gasteiger partial charge < -0.3 is 4.42 Å². The van der Waals surface area contributed by atoms with E-state index >= 15 is 0 Å². The molecular formula is C23H19BrN2O2S. The van der Waals surface area contributed by atoms with Crippen LogP contribution in [-0.2, 0) is 4.79 Å². The van der Waals surface area contributed by atoms with Gasteiger partial charge in [-0.3, -0.25) is 9.69 Å². The highest BCUT2D eigenvalue weighted by molar-refractivity contribution is 9.10. The van der Waals surface area contributed by atoms with E-state index < -0.39 is 0 Å². The number of likely N-dealkylation sites (N-methyl/N-ethyl adjacent to an activating group) is 1. The summed E-state index contributed by atoms with van der Waals surface area (Å²) in [5.74, 6) is 1.36. The Balaban J connectivity index is 1.60. The van der Waals surface area contributed by atoms with Crippen molar-refractivity contribution in [3.63, 3.8) is 0 Å². The van der Waals surface area contributed by atoms with E-state index in [1.54, 1.807) is 11.0 Å². The average Bonchev–Trinajstić information content (AvgIpc) is 3.29. The van der Waals surface area contributed by atoms with Crippen LogP contribution in [-0.4, -0.2) is 22.5 Å². The molecule has 3 aromatic rings. The van der Waals surface area contributed by atoms with Gasteiger partial charge in [0, 0.05) is 22.7 Å². The Morgan fingerprint density at radius 1 is 1.07 bits per heavy atom. The second-order valence-electron chi connectivity index (χ2n) is 6.60. The number of hydrogen-bond acceptors (Lipinski definition) is 4. The van der Waals surface area contributed by atoms with Crippen LogP contribution >= 0.6 is 27.7 Å². The molecule has 0 saturated carbocycles. The topological polar surface area (TPSA) is 45.8 Å². The van der Waals surface area contributed by atoms with Crippen molar-refractivity contribution < 1.29 is 9.21 Å². The van der Waals surface area contributed by atoms with E-state index in [1.165, 1.54) is 17.3 Å². The first-order valence-corrected chi connectivity index (χ1v) is 10.9. The first kappa shape index (κ1) is 19.7. The van der Waals surface area contributed by atoms with E-state index in [1.807, 2.05) is 74.5 Å². The number of rotatable bonds is 4. The SMILES string of the molecule is CCN1C(=O)/C(=C\c2ccc(-c3ccc(Br)cc3)o2)SC1=Nc1ccc(C)cc1. The zero-order valence-electron chi connectivity index (χ0n) is 16.1. The van der Waals surface area contributed by atoms with Gasteiger partial charge >= 0.3 is 0 Å². The molecule has 6 heteroatoms. The van der Waals surface area contributed by atoms with Crippen molar-refractivity contribution in [2.24, 2.45) is 4.99 Å². The molecular weight excluding hydrogens is 448 g/mol. The summed E-state index contributed by atoms with van der Waals surface area (Å²) in [5.41, 5.74) is 3.00. The van der Waals surface area contributed by atoms with Crippen molar-refractivity contribution >= 4 is 50.5 Å². The Bertz CT molecular complexity index is 1100. The molecule has 0 radical (unpaired) electrons. The highest BCUT2D eigenvalue weighted by Gasteiger charge is 2.32. The Kier molecular flexibility index (Phi) is 5.74. The van der Waals surface area contributed by atoms with Crippen LogP contribution in [0.25, 0.3) is 17.4 Å². The minimum atomic E-state index is -0.0510. The summed E-state index contributed by atoms with van der Waals surface area (Å²) in [4.78, 5) is 19.8. The number of hydrogen-bond donors (Lipinski definition) is 0. The maximum absolute atomic E-state index is 12.8. The maximum atomic E-state index is 12.8. The molecule has 1 aromatic heterocycles. The number of halogens is 1. The Hall–Kier alpha value is -2.57. The molecule has 0 atom stereocenters. The Morgan fingerprint density at radius 3 is 2.48 bits per heavy atom. The standard InChI is InChI=1S/C23H19BrN2O2S/c1-3-26-22(27)21(29-23(26)25-18-10-4-15(2)5-11-18)14-19-12-13-20(28-19)16-6-8-17(24)9-7-16/h4-14H,3H2,1-2H3/b21-14+,25-23?. The van der Waals surface area contributed by atoms with Gasteiger partial charge in [0.1, 0.15) is 11.5 Å². The van der Waals surface area contributed by atoms with Crippen LogP contribution in [0.3, 0.4) is 0 Å². The number of carbonyl (C=O) groups excluding carboxylic acids is 1. The number of amides is 1. The highest BCUT2D eigenvalue weighted by atomic mass is 79.9. The van der Waals surface area contributed by atoms with E-state index in [4.69, 9.17) is 4.42 Å². The van der Waals surface area contributed by atoms with Crippen molar-refractivity contribution in [3.8, 4) is 11.3 Å². The van der Waals surface area contributed by atoms with E-state index in [9.17, 15) is 4.79 Å². The zero-order valence-corrected chi connectivity index (χ0v) is 18.5. The molecule has 29 heavy (non-hydrogen) atoms. The maximum Gasteiger partial charge on any atom is 0.266 e. The average molecular weight is 467 g/mol. The second kappa shape index (κ2) is 8.43. The van der Waals surface area contributed by atoms with Gasteiger partial charge in [-0.05, 0) is 62.0 Å². The second-order valence-corrected chi connectivity index (χ2v) is 8.52. The van der Waals surface area contributed by atoms with Gasteiger partial charge in [-0.15, -0.1) is 0 Å². The van der Waals surface area contributed by atoms with Gasteiger partial charge in [-0.1, -0.05) is 45.8 Å². The lowest BCUT2D eigenvalue weighted by atomic mass is 10.2. The molecule has 4 rings (SSSR count). The van der Waals surface area contributed by atoms with E-state index in [-0.39, 0.29) is 5.91 Å². The molecule has 0 bridgehead atoms. The lowest BCUT2D eigenvalue weighted by Crippen LogP contribution is -2.28. The molecule has 1 aliphatic heterocycles. The first-order chi connectivity index (χ1) is 14.0. The zero-order chi connectivity index (χ0) is 20.4. The van der Waals surface area contributed by atoms with Crippen LogP contribution in [0.15, 0.2) is 79.5 Å². The number of aryl methyl sites for hydroxylation is 1. The van der Waals surface area contributed by atoms with Gasteiger partial charge in [0.2, 0.25) is 0 Å². The Morgan fingerprint density at radius 2 is 1.79 bits per heavy atom. The molecule has 1 aliphatic rings. The number of furan rings is 1. The molecule has 1 saturated heterocycles. The van der Waals surface area contributed by atoms with Crippen molar-refractivity contribution in [1.29, 1.82) is 0 Å². The summed E-state index contributed by atoms with van der Waals surface area (Å²) in [5, 5.41) is 0.687. The summed E-state index contributed by atoms with van der Waals surface area (Å²) in [6, 6.07) is 19.7. The summed E-state index contributed by atoms with van der Waals surface area (Å²) in [7, 11) is 0. The molecule has 1 fully saturated rings. The third-order valence-corrected chi connectivity index (χ3v) is 6.03. The molecule has 4 nitrogen and oxygen atoms in total. The number of amidine groups is 1. The number of benzene rings is 2. The number of carbonyl (C=O) groups is 1. The molecule has 2 heterocycles. The van der Waals surface area contributed by atoms with Gasteiger partial charge in [-0.25, -0.2) is 4.99 Å². The minimum absolute atomic E-state index is 0.0510. The smallest absolute Gasteiger partial charge is 0.266 e. The van der Waals surface area contributed by atoms with Crippen LogP contribution < -0.4 is 0 Å². The summed E-state index contributed by atoms with van der Waals surface area (Å²) < 4.78 is 6.96. The van der Waals surface area contributed by atoms with Crippen molar-refractivity contribution in [3.05, 3.63) is 81.4 Å². The lowest BCUT2D eigenvalue weighted by molar-refractivity contribution is -0.122. The largest absolute Gasteiger partial charge is 0.457 e. The summed E-state index contributed by atoms with van der Waals surface area (Å²) in [6.07, 6.45) is 1.79. The lowest BCUT2D eigenvalue weighted by Gasteiger charge is -2.11. The van der Waals surface area contributed by atoms with Crippen LogP contribution in [0.2, 0.25) is 0 Å². The van der Waals surface area contributed by atoms with Crippen LogP contribution in [0.1, 0.15) is 18.2 Å². The van der Waals surface area contributed by atoms with E-state index in [0.29, 0.717) is 22.4 Å². The summed E-state index contributed by atoms with van der Waals surface area (Å²) in [6.45, 7) is 4.55. The Labute approximate surface area is 182 Å². The van der Waals surface area contributed by atoms with E-state index in [0.717, 1.165) is 21.5 Å². The van der Waals surface area contributed by atoms with Crippen LogP contribution in [0.5, 0.6) is 0 Å². The predicted molar refractivity (Wildman–Crippen MR) is 123 cm³/mol. The van der Waals surface area contributed by atoms with Crippen LogP contribution in [0.4, 0.5) is 5.69 Å². The predicted octanol–water partition coefficient (Wildman–Crippen LogP) is 6.64. The monoisotopic (exact) mass is 466 g/mol. The third kappa shape index (κ3) is 4.38. The minimum Gasteiger partial charge on any atom is -0.457 e. The van der Waals surface area contributed by atoms with Gasteiger partial charge in [0.25, 0.3) is 5.91 Å².